The number of carbonyl (C=O) groups excluding carboxylic acids is 2. The van der Waals surface area contributed by atoms with Gasteiger partial charge in [0.25, 0.3) is 0 Å². The van der Waals surface area contributed by atoms with E-state index in [-0.39, 0.29) is 11.9 Å². The summed E-state index contributed by atoms with van der Waals surface area (Å²) in [5.74, 6) is 0.609. The fourth-order valence-corrected chi connectivity index (χ4v) is 4.16. The number of nitrogens with one attached hydrogen (secondary N) is 2. The Morgan fingerprint density at radius 1 is 1.00 bits per heavy atom. The second kappa shape index (κ2) is 10.0. The summed E-state index contributed by atoms with van der Waals surface area (Å²) in [5, 5.41) is 6.04. The number of amides is 2. The van der Waals surface area contributed by atoms with E-state index < -0.39 is 12.1 Å². The Kier molecular flexibility index (Phi) is 6.89. The second-order valence-corrected chi connectivity index (χ2v) is 8.49. The Bertz CT molecular complexity index is 1240. The van der Waals surface area contributed by atoms with Gasteiger partial charge in [-0.05, 0) is 37.1 Å². The highest BCUT2D eigenvalue weighted by Crippen LogP contribution is 2.41. The maximum atomic E-state index is 13.8. The standard InChI is InChI=1S/C27H25ClN2O4/c1-16(2)34-26-20(28)14-19(15-21(26)33-3)24-22(25(31)18-12-8-5-9-13-18)23(29-27(32)30-24)17-10-6-4-7-11-17/h4-16,24H,1-3H3,(H2,29,30,32). The molecule has 2 N–H and O–H groups in total. The topological polar surface area (TPSA) is 76.7 Å². The third kappa shape index (κ3) is 4.77. The molecule has 4 rings (SSSR count). The van der Waals surface area contributed by atoms with Gasteiger partial charge in [-0.2, -0.15) is 0 Å². The maximum Gasteiger partial charge on any atom is 0.320 e. The van der Waals surface area contributed by atoms with Crippen molar-refractivity contribution < 1.29 is 19.1 Å². The predicted octanol–water partition coefficient (Wildman–Crippen LogP) is 5.78. The van der Waals surface area contributed by atoms with Gasteiger partial charge in [0.05, 0.1) is 35.5 Å². The molecule has 0 radical (unpaired) electrons. The summed E-state index contributed by atoms with van der Waals surface area (Å²) in [7, 11) is 1.52. The molecule has 1 heterocycles. The molecule has 0 saturated heterocycles. The zero-order valence-corrected chi connectivity index (χ0v) is 19.8. The van der Waals surface area contributed by atoms with Crippen LogP contribution in [0.2, 0.25) is 5.02 Å². The minimum atomic E-state index is -0.767. The van der Waals surface area contributed by atoms with Crippen LogP contribution in [-0.2, 0) is 0 Å². The molecule has 6 nitrogen and oxygen atoms in total. The fraction of sp³-hybridized carbons (Fsp3) is 0.185. The molecule has 1 aliphatic heterocycles. The van der Waals surface area contributed by atoms with Crippen molar-refractivity contribution in [3.63, 3.8) is 0 Å². The molecular formula is C27H25ClN2O4. The summed E-state index contributed by atoms with van der Waals surface area (Å²) in [6.45, 7) is 3.78. The molecule has 1 unspecified atom stereocenters. The number of Topliss-reactive ketones (excluding diaryl/α,β-unsaturated/α-hetero) is 1. The Morgan fingerprint density at radius 2 is 1.65 bits per heavy atom. The number of ether oxygens (including phenoxy) is 2. The van der Waals surface area contributed by atoms with Crippen molar-refractivity contribution in [1.29, 1.82) is 0 Å². The van der Waals surface area contributed by atoms with Gasteiger partial charge in [0.2, 0.25) is 0 Å². The van der Waals surface area contributed by atoms with Gasteiger partial charge in [-0.1, -0.05) is 72.3 Å². The number of benzene rings is 3. The van der Waals surface area contributed by atoms with Crippen molar-refractivity contribution >= 4 is 29.1 Å². The average Bonchev–Trinajstić information content (AvgIpc) is 2.85. The third-order valence-corrected chi connectivity index (χ3v) is 5.63. The summed E-state index contributed by atoms with van der Waals surface area (Å²) in [6.07, 6.45) is -0.115. The van der Waals surface area contributed by atoms with Crippen LogP contribution >= 0.6 is 11.6 Å². The van der Waals surface area contributed by atoms with E-state index in [1.54, 1.807) is 36.4 Å². The largest absolute Gasteiger partial charge is 0.493 e. The lowest BCUT2D eigenvalue weighted by Gasteiger charge is -2.31. The molecule has 3 aromatic rings. The van der Waals surface area contributed by atoms with E-state index >= 15 is 0 Å². The molecule has 0 aliphatic carbocycles. The SMILES string of the molecule is COc1cc(C2NC(=O)NC(c3ccccc3)=C2C(=O)c2ccccc2)cc(Cl)c1OC(C)C. The molecule has 1 atom stereocenters. The van der Waals surface area contributed by atoms with Crippen LogP contribution in [-0.4, -0.2) is 25.0 Å². The van der Waals surface area contributed by atoms with Gasteiger partial charge >= 0.3 is 6.03 Å². The van der Waals surface area contributed by atoms with E-state index in [1.807, 2.05) is 50.2 Å². The Hall–Kier alpha value is -3.77. The maximum absolute atomic E-state index is 13.8. The number of urea groups is 1. The number of rotatable bonds is 7. The van der Waals surface area contributed by atoms with Gasteiger partial charge in [-0.15, -0.1) is 0 Å². The van der Waals surface area contributed by atoms with E-state index in [0.29, 0.717) is 38.9 Å². The molecule has 0 fully saturated rings. The van der Waals surface area contributed by atoms with Crippen LogP contribution in [0.15, 0.2) is 78.4 Å². The highest BCUT2D eigenvalue weighted by atomic mass is 35.5. The molecule has 0 bridgehead atoms. The van der Waals surface area contributed by atoms with Crippen molar-refractivity contribution in [1.82, 2.24) is 10.6 Å². The Labute approximate surface area is 203 Å². The molecule has 7 heteroatoms. The molecular weight excluding hydrogens is 452 g/mol. The van der Waals surface area contributed by atoms with Crippen molar-refractivity contribution in [3.8, 4) is 11.5 Å². The zero-order valence-electron chi connectivity index (χ0n) is 19.1. The molecule has 0 spiro atoms. The lowest BCUT2D eigenvalue weighted by Crippen LogP contribution is -2.45. The Morgan fingerprint density at radius 3 is 2.26 bits per heavy atom. The first-order valence-electron chi connectivity index (χ1n) is 10.9. The first kappa shape index (κ1) is 23.4. The van der Waals surface area contributed by atoms with Gasteiger partial charge in [0.1, 0.15) is 0 Å². The van der Waals surface area contributed by atoms with Gasteiger partial charge < -0.3 is 20.1 Å². The quantitative estimate of drug-likeness (QED) is 0.423. The first-order chi connectivity index (χ1) is 16.4. The molecule has 3 aromatic carbocycles. The number of ketones is 1. The van der Waals surface area contributed by atoms with Gasteiger partial charge in [0.15, 0.2) is 17.3 Å². The molecule has 174 valence electrons. The van der Waals surface area contributed by atoms with Crippen molar-refractivity contribution in [2.24, 2.45) is 0 Å². The van der Waals surface area contributed by atoms with Crippen molar-refractivity contribution in [3.05, 3.63) is 100 Å². The van der Waals surface area contributed by atoms with E-state index in [9.17, 15) is 9.59 Å². The van der Waals surface area contributed by atoms with Gasteiger partial charge in [-0.3, -0.25) is 4.79 Å². The molecule has 0 saturated carbocycles. The number of halogens is 1. The molecule has 0 aromatic heterocycles. The molecule has 1 aliphatic rings. The van der Waals surface area contributed by atoms with Crippen LogP contribution in [0.4, 0.5) is 4.79 Å². The fourth-order valence-electron chi connectivity index (χ4n) is 3.89. The Balaban J connectivity index is 1.92. The van der Waals surface area contributed by atoms with Crippen LogP contribution in [0, 0.1) is 0 Å². The summed E-state index contributed by atoms with van der Waals surface area (Å²) < 4.78 is 11.4. The number of methoxy groups -OCH3 is 1. The highest BCUT2D eigenvalue weighted by Gasteiger charge is 2.34. The van der Waals surface area contributed by atoms with Crippen LogP contribution in [0.5, 0.6) is 11.5 Å². The predicted molar refractivity (Wildman–Crippen MR) is 132 cm³/mol. The zero-order chi connectivity index (χ0) is 24.2. The van der Waals surface area contributed by atoms with Crippen LogP contribution in [0.1, 0.15) is 41.4 Å². The second-order valence-electron chi connectivity index (χ2n) is 8.08. The van der Waals surface area contributed by atoms with E-state index in [4.69, 9.17) is 21.1 Å². The van der Waals surface area contributed by atoms with Crippen molar-refractivity contribution in [2.75, 3.05) is 7.11 Å². The smallest absolute Gasteiger partial charge is 0.320 e. The average molecular weight is 477 g/mol. The lowest BCUT2D eigenvalue weighted by atomic mass is 9.87. The number of hydrogen-bond donors (Lipinski definition) is 2. The van der Waals surface area contributed by atoms with E-state index in [1.165, 1.54) is 7.11 Å². The number of carbonyl (C=O) groups is 2. The number of hydrogen-bond acceptors (Lipinski definition) is 4. The highest BCUT2D eigenvalue weighted by molar-refractivity contribution is 6.32. The van der Waals surface area contributed by atoms with Crippen LogP contribution < -0.4 is 20.1 Å². The van der Waals surface area contributed by atoms with E-state index in [0.717, 1.165) is 5.56 Å². The normalized spacial score (nSPS) is 15.6. The minimum absolute atomic E-state index is 0.115. The van der Waals surface area contributed by atoms with Gasteiger partial charge in [-0.25, -0.2) is 4.79 Å². The monoisotopic (exact) mass is 476 g/mol. The summed E-state index contributed by atoms with van der Waals surface area (Å²) in [6, 6.07) is 20.5. The first-order valence-corrected chi connectivity index (χ1v) is 11.3. The summed E-state index contributed by atoms with van der Waals surface area (Å²) in [4.78, 5) is 26.5. The van der Waals surface area contributed by atoms with Crippen LogP contribution in [0.25, 0.3) is 5.70 Å². The van der Waals surface area contributed by atoms with Crippen molar-refractivity contribution in [2.45, 2.75) is 26.0 Å². The van der Waals surface area contributed by atoms with Gasteiger partial charge in [0, 0.05) is 5.56 Å². The van der Waals surface area contributed by atoms with Crippen LogP contribution in [0.3, 0.4) is 0 Å². The minimum Gasteiger partial charge on any atom is -0.493 e. The summed E-state index contributed by atoms with van der Waals surface area (Å²) in [5.41, 5.74) is 2.67. The third-order valence-electron chi connectivity index (χ3n) is 5.35. The van der Waals surface area contributed by atoms with E-state index in [2.05, 4.69) is 10.6 Å². The summed E-state index contributed by atoms with van der Waals surface area (Å²) >= 11 is 6.58. The lowest BCUT2D eigenvalue weighted by molar-refractivity contribution is 0.102. The molecule has 34 heavy (non-hydrogen) atoms. The molecule has 2 amide bonds.